The topological polar surface area (TPSA) is 265 Å². The molecule has 56 heavy (non-hydrogen) atoms. The highest BCUT2D eigenvalue weighted by atomic mass is 32.2. The van der Waals surface area contributed by atoms with Crippen LogP contribution in [-0.2, 0) is 40.3 Å². The first kappa shape index (κ1) is 37.0. The fourth-order valence-electron chi connectivity index (χ4n) is 7.13. The van der Waals surface area contributed by atoms with E-state index < -0.39 is 77.4 Å². The fraction of sp³-hybridized carbons (Fsp3) is 0.0571. The number of carbonyl (C=O) groups is 1. The number of rotatable bonds is 6. The molecule has 288 valence electrons. The van der Waals surface area contributed by atoms with Crippen LogP contribution in [0.3, 0.4) is 0 Å². The first-order valence-corrected chi connectivity index (χ1v) is 21.8. The van der Waals surface area contributed by atoms with Crippen LogP contribution in [0.25, 0.3) is 21.5 Å². The summed E-state index contributed by atoms with van der Waals surface area (Å²) in [6.07, 6.45) is 0. The van der Waals surface area contributed by atoms with E-state index in [4.69, 9.17) is 0 Å². The van der Waals surface area contributed by atoms with E-state index in [1.54, 1.807) is 0 Å². The highest BCUT2D eigenvalue weighted by Gasteiger charge is 2.42. The second-order valence-corrected chi connectivity index (χ2v) is 19.1. The van der Waals surface area contributed by atoms with Crippen molar-refractivity contribution in [3.05, 3.63) is 96.1 Å². The zero-order valence-electron chi connectivity index (χ0n) is 28.6. The number of nitrogens with one attached hydrogen (secondary N) is 2. The number of carbonyl (C=O) groups excluding carboxylic acids is 1. The number of nitrogens with zero attached hydrogens (tertiary/aromatic N) is 2. The molecule has 4 aliphatic heterocycles. The summed E-state index contributed by atoms with van der Waals surface area (Å²) >= 11 is 0. The monoisotopic (exact) mass is 838 g/mol. The zero-order chi connectivity index (χ0) is 40.4. The predicted molar refractivity (Wildman–Crippen MR) is 205 cm³/mol. The molecule has 6 aromatic carbocycles. The summed E-state index contributed by atoms with van der Waals surface area (Å²) in [5.74, 6) is -1.58. The Labute approximate surface area is 318 Å². The number of phenolic OH excluding ortho intramolecular Hbond substituents is 2. The molecule has 6 aromatic rings. The smallest absolute Gasteiger partial charge is 0.323 e. The standard InChI is InChI=1S/C35H26N4O13S4/c1-17-23-11-13-27(53(43,44)38(23)25-15-29(55(47,48)49)33(40)21-9-5-3-7-19(21)25)31(17)36-35(42)37-32-18(2)24-12-14-28(32)54(45,46)39(24)26-16-30(56(50,51)52)34(41)22-10-6-4-8-20(22)26/h3-16,40-41H,1-2H3,(H2,36,37,42)(H,47,48,49)(H,50,51,52). The van der Waals surface area contributed by atoms with Gasteiger partial charge in [-0.2, -0.15) is 16.8 Å². The van der Waals surface area contributed by atoms with Crippen LogP contribution in [0.2, 0.25) is 0 Å². The van der Waals surface area contributed by atoms with E-state index in [1.165, 1.54) is 86.6 Å². The average molecular weight is 839 g/mol. The molecular weight excluding hydrogens is 813 g/mol. The Balaban J connectivity index is 1.18. The molecule has 0 atom stereocenters. The molecular formula is C35H26N4O13S4. The first-order chi connectivity index (χ1) is 26.2. The van der Waals surface area contributed by atoms with Crippen molar-refractivity contribution in [3.63, 3.8) is 0 Å². The Kier molecular flexibility index (Phi) is 7.93. The van der Waals surface area contributed by atoms with Crippen molar-refractivity contribution in [2.24, 2.45) is 0 Å². The number of anilines is 6. The maximum Gasteiger partial charge on any atom is 0.323 e. The highest BCUT2D eigenvalue weighted by molar-refractivity contribution is 7.94. The molecule has 10 rings (SSSR count). The summed E-state index contributed by atoms with van der Waals surface area (Å²) < 4.78 is 127. The Bertz CT molecular complexity index is 3050. The molecule has 0 saturated carbocycles. The Morgan fingerprint density at radius 2 is 0.893 bits per heavy atom. The van der Waals surface area contributed by atoms with Crippen molar-refractivity contribution < 1.29 is 57.8 Å². The Morgan fingerprint density at radius 1 is 0.554 bits per heavy atom. The lowest BCUT2D eigenvalue weighted by molar-refractivity contribution is 0.262. The van der Waals surface area contributed by atoms with Crippen molar-refractivity contribution in [2.75, 3.05) is 19.2 Å². The van der Waals surface area contributed by atoms with Gasteiger partial charge < -0.3 is 20.8 Å². The van der Waals surface area contributed by atoms with Crippen LogP contribution in [0.1, 0.15) is 11.1 Å². The van der Waals surface area contributed by atoms with E-state index in [1.807, 2.05) is 0 Å². The third-order valence-electron chi connectivity index (χ3n) is 9.66. The summed E-state index contributed by atoms with van der Waals surface area (Å²) in [4.78, 5) is 10.9. The van der Waals surface area contributed by atoms with Gasteiger partial charge in [0.1, 0.15) is 31.1 Å². The van der Waals surface area contributed by atoms with Gasteiger partial charge in [-0.15, -0.1) is 0 Å². The van der Waals surface area contributed by atoms with E-state index >= 15 is 0 Å². The van der Waals surface area contributed by atoms with Crippen molar-refractivity contribution in [1.29, 1.82) is 0 Å². The summed E-state index contributed by atoms with van der Waals surface area (Å²) in [5.41, 5.74) is -0.437. The molecule has 0 saturated heterocycles. The van der Waals surface area contributed by atoms with Gasteiger partial charge in [-0.3, -0.25) is 9.11 Å². The summed E-state index contributed by atoms with van der Waals surface area (Å²) in [6.45, 7) is 2.96. The average Bonchev–Trinajstić information content (AvgIpc) is 3.11. The van der Waals surface area contributed by atoms with Crippen LogP contribution in [-0.4, -0.2) is 59.0 Å². The molecule has 6 N–H and O–H groups in total. The molecule has 17 nitrogen and oxygen atoms in total. The van der Waals surface area contributed by atoms with Gasteiger partial charge in [0.15, 0.2) is 0 Å². The van der Waals surface area contributed by atoms with Gasteiger partial charge in [0, 0.05) is 21.5 Å². The van der Waals surface area contributed by atoms with Gasteiger partial charge in [0.25, 0.3) is 40.3 Å². The minimum absolute atomic E-state index is 0.0176. The predicted octanol–water partition coefficient (Wildman–Crippen LogP) is 5.84. The van der Waals surface area contributed by atoms with Crippen LogP contribution in [0.5, 0.6) is 11.5 Å². The normalized spacial score (nSPS) is 15.4. The van der Waals surface area contributed by atoms with E-state index in [9.17, 15) is 57.8 Å². The van der Waals surface area contributed by atoms with Gasteiger partial charge in [-0.05, 0) is 61.4 Å². The van der Waals surface area contributed by atoms with Gasteiger partial charge in [0.2, 0.25) is 0 Å². The number of amides is 2. The van der Waals surface area contributed by atoms with Crippen molar-refractivity contribution in [1.82, 2.24) is 0 Å². The van der Waals surface area contributed by atoms with Crippen LogP contribution in [0.4, 0.5) is 38.9 Å². The van der Waals surface area contributed by atoms with Crippen LogP contribution >= 0.6 is 0 Å². The molecule has 4 heterocycles. The van der Waals surface area contributed by atoms with Crippen LogP contribution in [0, 0.1) is 13.8 Å². The summed E-state index contributed by atoms with van der Waals surface area (Å²) in [7, 11) is -19.3. The van der Waals surface area contributed by atoms with Crippen molar-refractivity contribution >= 4 is 102 Å². The van der Waals surface area contributed by atoms with E-state index in [0.29, 0.717) is 0 Å². The lowest BCUT2D eigenvalue weighted by Gasteiger charge is -2.35. The van der Waals surface area contributed by atoms with Crippen LogP contribution in [0.15, 0.2) is 105 Å². The van der Waals surface area contributed by atoms with Crippen molar-refractivity contribution in [2.45, 2.75) is 33.4 Å². The summed E-state index contributed by atoms with van der Waals surface area (Å²) in [5, 5.41) is 26.4. The maximum absolute atomic E-state index is 14.2. The minimum Gasteiger partial charge on any atom is -0.506 e. The largest absolute Gasteiger partial charge is 0.506 e. The second kappa shape index (κ2) is 12.0. The number of phenols is 2. The molecule has 0 aliphatic carbocycles. The molecule has 21 heteroatoms. The maximum atomic E-state index is 14.2. The summed E-state index contributed by atoms with van der Waals surface area (Å²) in [6, 6.07) is 17.4. The number of aromatic hydroxyl groups is 2. The van der Waals surface area contributed by atoms with Gasteiger partial charge in [-0.25, -0.2) is 30.2 Å². The molecule has 4 aliphatic rings. The number of benzene rings is 6. The molecule has 0 unspecified atom stereocenters. The molecule has 2 amide bonds. The third kappa shape index (κ3) is 5.27. The quantitative estimate of drug-likeness (QED) is 0.108. The number of sulfonamides is 2. The van der Waals surface area contributed by atoms with Gasteiger partial charge in [-0.1, -0.05) is 48.5 Å². The van der Waals surface area contributed by atoms with E-state index in [0.717, 1.165) is 20.7 Å². The number of hydrogen-bond acceptors (Lipinski definition) is 11. The zero-order valence-corrected chi connectivity index (χ0v) is 31.8. The van der Waals surface area contributed by atoms with Crippen molar-refractivity contribution in [3.8, 4) is 11.5 Å². The van der Waals surface area contributed by atoms with Crippen LogP contribution < -0.4 is 19.2 Å². The fourth-order valence-corrected chi connectivity index (χ4v) is 11.9. The minimum atomic E-state index is -5.03. The molecule has 0 aromatic heterocycles. The van der Waals surface area contributed by atoms with E-state index in [2.05, 4.69) is 10.6 Å². The highest BCUT2D eigenvalue weighted by Crippen LogP contribution is 2.52. The third-order valence-corrected chi connectivity index (χ3v) is 14.9. The van der Waals surface area contributed by atoms with Gasteiger partial charge in [0.05, 0.1) is 34.1 Å². The number of hydrogen-bond donors (Lipinski definition) is 6. The first-order valence-electron chi connectivity index (χ1n) is 16.1. The van der Waals surface area contributed by atoms with Gasteiger partial charge >= 0.3 is 6.03 Å². The lowest BCUT2D eigenvalue weighted by atomic mass is 10.1. The Hall–Kier alpha value is -5.97. The molecule has 0 fully saturated rings. The number of fused-ring (bicyclic) bond motifs is 8. The SMILES string of the molecule is Cc1c2ccc(c1NC(=O)Nc1c3ccc(c1C)N(c1cc(S(=O)(=O)O)c(O)c4ccccc14)S3(=O)=O)S(=O)(=O)N2c1cc(S(=O)(=O)O)c(O)c2ccccc12. The Morgan fingerprint density at radius 3 is 1.23 bits per heavy atom. The number of urea groups is 1. The lowest BCUT2D eigenvalue weighted by Crippen LogP contribution is -2.35. The van der Waals surface area contributed by atoms with E-state index in [-0.39, 0.29) is 66.8 Å². The molecule has 0 radical (unpaired) electrons. The molecule has 4 bridgehead atoms. The molecule has 0 spiro atoms. The second-order valence-electron chi connectivity index (χ2n) is 12.8.